The first-order chi connectivity index (χ1) is 9.71. The van der Waals surface area contributed by atoms with Crippen LogP contribution < -0.4 is 0 Å². The molecule has 0 radical (unpaired) electrons. The lowest BCUT2D eigenvalue weighted by Gasteiger charge is -2.42. The highest BCUT2D eigenvalue weighted by atomic mass is 16.5. The van der Waals surface area contributed by atoms with Crippen molar-refractivity contribution in [1.29, 1.82) is 0 Å². The SMILES string of the molecule is O=C(O)C1(N2CCN(Cc3ccn[nH]3)CC2)CCOC1. The van der Waals surface area contributed by atoms with Gasteiger partial charge in [-0.05, 0) is 6.07 Å². The molecule has 0 saturated carbocycles. The molecule has 20 heavy (non-hydrogen) atoms. The number of hydrogen-bond donors (Lipinski definition) is 2. The van der Waals surface area contributed by atoms with Crippen LogP contribution in [0, 0.1) is 0 Å². The van der Waals surface area contributed by atoms with Crippen LogP contribution in [0.3, 0.4) is 0 Å². The molecule has 1 unspecified atom stereocenters. The number of aliphatic carboxylic acids is 1. The molecule has 2 N–H and O–H groups in total. The van der Waals surface area contributed by atoms with Crippen molar-refractivity contribution in [3.05, 3.63) is 18.0 Å². The average molecular weight is 280 g/mol. The van der Waals surface area contributed by atoms with E-state index >= 15 is 0 Å². The fraction of sp³-hybridized carbons (Fsp3) is 0.692. The molecule has 2 fully saturated rings. The average Bonchev–Trinajstić information content (AvgIpc) is 3.10. The van der Waals surface area contributed by atoms with Gasteiger partial charge in [0.05, 0.1) is 6.61 Å². The number of rotatable bonds is 4. The third kappa shape index (κ3) is 2.44. The highest BCUT2D eigenvalue weighted by Gasteiger charge is 2.48. The van der Waals surface area contributed by atoms with Crippen LogP contribution in [0.5, 0.6) is 0 Å². The van der Waals surface area contributed by atoms with Gasteiger partial charge < -0.3 is 9.84 Å². The van der Waals surface area contributed by atoms with Gasteiger partial charge in [-0.3, -0.25) is 19.7 Å². The van der Waals surface area contributed by atoms with Gasteiger partial charge in [0.25, 0.3) is 0 Å². The maximum Gasteiger partial charge on any atom is 0.326 e. The standard InChI is InChI=1S/C13H20N4O3/c18-12(19)13(2-8-20-10-13)17-6-4-16(5-7-17)9-11-1-3-14-15-11/h1,3H,2,4-10H2,(H,14,15)(H,18,19). The number of piperazine rings is 1. The van der Waals surface area contributed by atoms with Gasteiger partial charge >= 0.3 is 5.97 Å². The van der Waals surface area contributed by atoms with Crippen molar-refractivity contribution in [1.82, 2.24) is 20.0 Å². The number of ether oxygens (including phenoxy) is 1. The van der Waals surface area contributed by atoms with Crippen LogP contribution >= 0.6 is 0 Å². The highest BCUT2D eigenvalue weighted by molar-refractivity contribution is 5.79. The van der Waals surface area contributed by atoms with Crippen LogP contribution in [0.25, 0.3) is 0 Å². The van der Waals surface area contributed by atoms with E-state index in [1.165, 1.54) is 0 Å². The molecule has 1 aromatic rings. The van der Waals surface area contributed by atoms with Crippen molar-refractivity contribution < 1.29 is 14.6 Å². The molecular formula is C13H20N4O3. The predicted octanol–water partition coefficient (Wildman–Crippen LogP) is -0.229. The molecule has 0 bridgehead atoms. The Labute approximate surface area is 117 Å². The van der Waals surface area contributed by atoms with Crippen LogP contribution in [-0.2, 0) is 16.1 Å². The molecule has 7 nitrogen and oxygen atoms in total. The second kappa shape index (κ2) is 5.51. The molecule has 7 heteroatoms. The number of carboxylic acid groups (broad SMARTS) is 1. The first-order valence-electron chi connectivity index (χ1n) is 6.97. The topological polar surface area (TPSA) is 81.7 Å². The summed E-state index contributed by atoms with van der Waals surface area (Å²) in [4.78, 5) is 16.0. The summed E-state index contributed by atoms with van der Waals surface area (Å²) in [6.07, 6.45) is 2.34. The van der Waals surface area contributed by atoms with E-state index in [1.807, 2.05) is 6.07 Å². The third-order valence-corrected chi connectivity index (χ3v) is 4.33. The molecule has 3 heterocycles. The maximum atomic E-state index is 11.6. The van der Waals surface area contributed by atoms with E-state index in [-0.39, 0.29) is 0 Å². The summed E-state index contributed by atoms with van der Waals surface area (Å²) in [5, 5.41) is 16.4. The number of nitrogens with one attached hydrogen (secondary N) is 1. The van der Waals surface area contributed by atoms with E-state index < -0.39 is 11.5 Å². The van der Waals surface area contributed by atoms with Crippen molar-refractivity contribution >= 4 is 5.97 Å². The molecule has 2 aliphatic heterocycles. The monoisotopic (exact) mass is 280 g/mol. The number of aromatic amines is 1. The molecule has 3 rings (SSSR count). The molecule has 2 saturated heterocycles. The van der Waals surface area contributed by atoms with E-state index in [1.54, 1.807) is 6.20 Å². The Morgan fingerprint density at radius 2 is 2.25 bits per heavy atom. The fourth-order valence-corrected chi connectivity index (χ4v) is 3.06. The minimum atomic E-state index is -0.805. The van der Waals surface area contributed by atoms with Gasteiger partial charge in [0.2, 0.25) is 0 Å². The van der Waals surface area contributed by atoms with E-state index in [2.05, 4.69) is 20.0 Å². The molecule has 0 aliphatic carbocycles. The molecule has 0 amide bonds. The molecule has 110 valence electrons. The lowest BCUT2D eigenvalue weighted by molar-refractivity contribution is -0.153. The number of carboxylic acids is 1. The lowest BCUT2D eigenvalue weighted by atomic mass is 9.95. The smallest absolute Gasteiger partial charge is 0.326 e. The van der Waals surface area contributed by atoms with Gasteiger partial charge in [-0.1, -0.05) is 0 Å². The van der Waals surface area contributed by atoms with Gasteiger partial charge in [0, 0.05) is 57.6 Å². The Bertz CT molecular complexity index is 448. The second-order valence-electron chi connectivity index (χ2n) is 5.48. The van der Waals surface area contributed by atoms with Crippen molar-refractivity contribution in [2.45, 2.75) is 18.5 Å². The summed E-state index contributed by atoms with van der Waals surface area (Å²) < 4.78 is 5.34. The zero-order chi connectivity index (χ0) is 14.0. The highest BCUT2D eigenvalue weighted by Crippen LogP contribution is 2.28. The van der Waals surface area contributed by atoms with Gasteiger partial charge in [-0.25, -0.2) is 0 Å². The zero-order valence-corrected chi connectivity index (χ0v) is 11.4. The summed E-state index contributed by atoms with van der Waals surface area (Å²) in [7, 11) is 0. The van der Waals surface area contributed by atoms with Crippen LogP contribution in [-0.4, -0.2) is 76.0 Å². The number of aromatic nitrogens is 2. The first-order valence-corrected chi connectivity index (χ1v) is 6.97. The van der Waals surface area contributed by atoms with Crippen LogP contribution in [0.15, 0.2) is 12.3 Å². The number of hydrogen-bond acceptors (Lipinski definition) is 5. The zero-order valence-electron chi connectivity index (χ0n) is 11.4. The van der Waals surface area contributed by atoms with E-state index in [4.69, 9.17) is 4.74 Å². The summed E-state index contributed by atoms with van der Waals surface area (Å²) in [6.45, 7) is 4.96. The Balaban J connectivity index is 1.59. The van der Waals surface area contributed by atoms with Gasteiger partial charge in [-0.15, -0.1) is 0 Å². The van der Waals surface area contributed by atoms with Gasteiger partial charge in [0.1, 0.15) is 5.54 Å². The second-order valence-corrected chi connectivity index (χ2v) is 5.48. The van der Waals surface area contributed by atoms with E-state index in [9.17, 15) is 9.90 Å². The maximum absolute atomic E-state index is 11.6. The van der Waals surface area contributed by atoms with E-state index in [0.29, 0.717) is 19.6 Å². The minimum absolute atomic E-state index is 0.308. The number of nitrogens with zero attached hydrogens (tertiary/aromatic N) is 3. The van der Waals surface area contributed by atoms with Gasteiger partial charge in [-0.2, -0.15) is 5.10 Å². The van der Waals surface area contributed by atoms with Crippen LogP contribution in [0.4, 0.5) is 0 Å². The normalized spacial score (nSPS) is 28.8. The number of carbonyl (C=O) groups is 1. The van der Waals surface area contributed by atoms with E-state index in [0.717, 1.165) is 38.4 Å². The summed E-state index contributed by atoms with van der Waals surface area (Å²) in [6, 6.07) is 1.97. The first kappa shape index (κ1) is 13.5. The quantitative estimate of drug-likeness (QED) is 0.793. The van der Waals surface area contributed by atoms with Crippen molar-refractivity contribution in [3.8, 4) is 0 Å². The summed E-state index contributed by atoms with van der Waals surface area (Å²) >= 11 is 0. The van der Waals surface area contributed by atoms with Crippen molar-refractivity contribution in [2.24, 2.45) is 0 Å². The van der Waals surface area contributed by atoms with Crippen molar-refractivity contribution in [3.63, 3.8) is 0 Å². The Kier molecular flexibility index (Phi) is 3.73. The molecular weight excluding hydrogens is 260 g/mol. The molecule has 2 aliphatic rings. The summed E-state index contributed by atoms with van der Waals surface area (Å²) in [5.41, 5.74) is 0.288. The van der Waals surface area contributed by atoms with Gasteiger partial charge in [0.15, 0.2) is 0 Å². The Morgan fingerprint density at radius 3 is 2.80 bits per heavy atom. The molecule has 0 spiro atoms. The molecule has 1 aromatic heterocycles. The predicted molar refractivity (Wildman–Crippen MR) is 71.2 cm³/mol. The summed E-state index contributed by atoms with van der Waals surface area (Å²) in [5.74, 6) is -0.753. The fourth-order valence-electron chi connectivity index (χ4n) is 3.06. The minimum Gasteiger partial charge on any atom is -0.480 e. The molecule has 0 aromatic carbocycles. The lowest BCUT2D eigenvalue weighted by Crippen LogP contribution is -2.61. The van der Waals surface area contributed by atoms with Crippen molar-refractivity contribution in [2.75, 3.05) is 39.4 Å². The largest absolute Gasteiger partial charge is 0.480 e. The van der Waals surface area contributed by atoms with Crippen LogP contribution in [0.1, 0.15) is 12.1 Å². The third-order valence-electron chi connectivity index (χ3n) is 4.33. The number of H-pyrrole nitrogens is 1. The Morgan fingerprint density at radius 1 is 1.45 bits per heavy atom. The molecule has 1 atom stereocenters. The van der Waals surface area contributed by atoms with Crippen LogP contribution in [0.2, 0.25) is 0 Å². The Hall–Kier alpha value is -1.44.